The van der Waals surface area contributed by atoms with Crippen LogP contribution in [0.15, 0.2) is 41.1 Å². The zero-order valence-electron chi connectivity index (χ0n) is 13.5. The number of carbonyl (C=O) groups excluding carboxylic acids is 1. The third kappa shape index (κ3) is 4.01. The first-order valence-electron chi connectivity index (χ1n) is 7.90. The molecule has 0 aromatic heterocycles. The van der Waals surface area contributed by atoms with Crippen LogP contribution in [0, 0.1) is 11.8 Å². The third-order valence-electron chi connectivity index (χ3n) is 3.94. The van der Waals surface area contributed by atoms with Crippen LogP contribution in [0.25, 0.3) is 0 Å². The number of rotatable bonds is 7. The Hall–Kier alpha value is -1.48. The number of fused-ring (bicyclic) bond motifs is 1. The van der Waals surface area contributed by atoms with Crippen molar-refractivity contribution >= 4 is 11.5 Å². The molecule has 2 rings (SSSR count). The highest BCUT2D eigenvalue weighted by molar-refractivity contribution is 5.95. The van der Waals surface area contributed by atoms with E-state index in [-0.39, 0.29) is 12.0 Å². The van der Waals surface area contributed by atoms with E-state index in [2.05, 4.69) is 42.4 Å². The molecule has 114 valence electrons. The summed E-state index contributed by atoms with van der Waals surface area (Å²) in [4.78, 5) is 16.9. The molecule has 21 heavy (non-hydrogen) atoms. The molecule has 2 atom stereocenters. The first kappa shape index (κ1) is 15.9. The van der Waals surface area contributed by atoms with Gasteiger partial charge in [0, 0.05) is 29.8 Å². The van der Waals surface area contributed by atoms with Crippen molar-refractivity contribution in [1.82, 2.24) is 5.32 Å². The highest BCUT2D eigenvalue weighted by Gasteiger charge is 2.26. The van der Waals surface area contributed by atoms with Gasteiger partial charge in [-0.2, -0.15) is 0 Å². The topological polar surface area (TPSA) is 41.5 Å². The van der Waals surface area contributed by atoms with Gasteiger partial charge in [0.15, 0.2) is 5.78 Å². The molecule has 0 spiro atoms. The number of nitrogens with one attached hydrogen (secondary N) is 1. The second-order valence-corrected chi connectivity index (χ2v) is 6.44. The van der Waals surface area contributed by atoms with Gasteiger partial charge < -0.3 is 5.32 Å². The lowest BCUT2D eigenvalue weighted by Gasteiger charge is -2.23. The van der Waals surface area contributed by atoms with Gasteiger partial charge in [-0.25, -0.2) is 0 Å². The fourth-order valence-electron chi connectivity index (χ4n) is 2.85. The number of carbonyl (C=O) groups is 1. The van der Waals surface area contributed by atoms with Gasteiger partial charge in [-0.1, -0.05) is 52.0 Å². The van der Waals surface area contributed by atoms with E-state index in [0.717, 1.165) is 12.8 Å². The van der Waals surface area contributed by atoms with E-state index in [1.54, 1.807) is 0 Å². The molecular formula is C18H26N2O. The van der Waals surface area contributed by atoms with Gasteiger partial charge in [0.25, 0.3) is 0 Å². The van der Waals surface area contributed by atoms with Crippen molar-refractivity contribution in [1.29, 1.82) is 0 Å². The predicted molar refractivity (Wildman–Crippen MR) is 88.4 cm³/mol. The largest absolute Gasteiger partial charge is 0.305 e. The molecule has 0 amide bonds. The average Bonchev–Trinajstić information content (AvgIpc) is 2.85. The highest BCUT2D eigenvalue weighted by atomic mass is 16.1. The molecule has 0 saturated carbocycles. The molecule has 1 N–H and O–H groups in total. The second kappa shape index (κ2) is 6.99. The smallest absolute Gasteiger partial charge is 0.152 e. The normalized spacial score (nSPS) is 21.5. The van der Waals surface area contributed by atoms with Crippen molar-refractivity contribution in [3.05, 3.63) is 36.1 Å². The second-order valence-electron chi connectivity index (χ2n) is 6.44. The SMILES string of the molecule is CC(C)N[C@@H](CCC1=NC=C2C=CC=CC21)C(=O)C(C)C. The summed E-state index contributed by atoms with van der Waals surface area (Å²) in [6.07, 6.45) is 12.1. The molecule has 3 nitrogen and oxygen atoms in total. The molecular weight excluding hydrogens is 260 g/mol. The predicted octanol–water partition coefficient (Wildman–Crippen LogP) is 3.44. The standard InChI is InChI=1S/C18H26N2O/c1-12(2)18(21)17(20-13(3)4)10-9-16-15-8-6-5-7-14(15)11-19-16/h5-8,11-13,15,17,20H,9-10H2,1-4H3/t15?,17-/m0/s1. The van der Waals surface area contributed by atoms with Gasteiger partial charge in [-0.05, 0) is 18.4 Å². The molecule has 1 aliphatic heterocycles. The lowest BCUT2D eigenvalue weighted by atomic mass is 9.88. The zero-order chi connectivity index (χ0) is 15.4. The quantitative estimate of drug-likeness (QED) is 0.779. The molecule has 1 unspecified atom stereocenters. The van der Waals surface area contributed by atoms with E-state index in [9.17, 15) is 4.79 Å². The lowest BCUT2D eigenvalue weighted by molar-refractivity contribution is -0.124. The van der Waals surface area contributed by atoms with E-state index in [4.69, 9.17) is 0 Å². The maximum atomic E-state index is 12.3. The van der Waals surface area contributed by atoms with Crippen molar-refractivity contribution in [2.75, 3.05) is 0 Å². The van der Waals surface area contributed by atoms with Gasteiger partial charge in [0.1, 0.15) is 0 Å². The Morgan fingerprint density at radius 2 is 2.05 bits per heavy atom. The summed E-state index contributed by atoms with van der Waals surface area (Å²) < 4.78 is 0. The molecule has 0 aromatic carbocycles. The van der Waals surface area contributed by atoms with Crippen LogP contribution in [0.4, 0.5) is 0 Å². The zero-order valence-corrected chi connectivity index (χ0v) is 13.5. The molecule has 0 aromatic rings. The van der Waals surface area contributed by atoms with Gasteiger partial charge in [0.05, 0.1) is 6.04 Å². The summed E-state index contributed by atoms with van der Waals surface area (Å²) in [6, 6.07) is 0.245. The first-order chi connectivity index (χ1) is 9.99. The van der Waals surface area contributed by atoms with Crippen molar-refractivity contribution in [3.8, 4) is 0 Å². The molecule has 2 aliphatic rings. The monoisotopic (exact) mass is 286 g/mol. The number of hydrogen-bond donors (Lipinski definition) is 1. The maximum Gasteiger partial charge on any atom is 0.152 e. The van der Waals surface area contributed by atoms with Gasteiger partial charge in [-0.3, -0.25) is 9.79 Å². The number of aliphatic imine (C=N–C) groups is 1. The minimum absolute atomic E-state index is 0.0676. The highest BCUT2D eigenvalue weighted by Crippen LogP contribution is 2.28. The summed E-state index contributed by atoms with van der Waals surface area (Å²) in [7, 11) is 0. The van der Waals surface area contributed by atoms with Crippen LogP contribution in [0.2, 0.25) is 0 Å². The molecule has 3 heteroatoms. The lowest BCUT2D eigenvalue weighted by Crippen LogP contribution is -2.43. The van der Waals surface area contributed by atoms with Gasteiger partial charge in [0.2, 0.25) is 0 Å². The van der Waals surface area contributed by atoms with E-state index < -0.39 is 0 Å². The van der Waals surface area contributed by atoms with Crippen molar-refractivity contribution in [2.24, 2.45) is 16.8 Å². The fourth-order valence-corrected chi connectivity index (χ4v) is 2.85. The first-order valence-corrected chi connectivity index (χ1v) is 7.90. The number of hydrogen-bond acceptors (Lipinski definition) is 3. The Morgan fingerprint density at radius 1 is 1.29 bits per heavy atom. The number of allylic oxidation sites excluding steroid dienone is 5. The van der Waals surface area contributed by atoms with Crippen LogP contribution in [-0.2, 0) is 4.79 Å². The summed E-state index contributed by atoms with van der Waals surface area (Å²) in [5, 5.41) is 3.40. The minimum atomic E-state index is -0.0696. The van der Waals surface area contributed by atoms with Crippen molar-refractivity contribution < 1.29 is 4.79 Å². The van der Waals surface area contributed by atoms with E-state index in [1.165, 1.54) is 11.3 Å². The molecule has 0 saturated heterocycles. The summed E-state index contributed by atoms with van der Waals surface area (Å²) in [5.74, 6) is 0.691. The molecule has 0 bridgehead atoms. The summed E-state index contributed by atoms with van der Waals surface area (Å²) in [5.41, 5.74) is 2.44. The van der Waals surface area contributed by atoms with E-state index in [0.29, 0.717) is 17.7 Å². The summed E-state index contributed by atoms with van der Waals surface area (Å²) >= 11 is 0. The summed E-state index contributed by atoms with van der Waals surface area (Å²) in [6.45, 7) is 8.11. The Bertz CT molecular complexity index is 509. The molecule has 1 heterocycles. The number of nitrogens with zero attached hydrogens (tertiary/aromatic N) is 1. The average molecular weight is 286 g/mol. The van der Waals surface area contributed by atoms with Crippen LogP contribution in [0.5, 0.6) is 0 Å². The van der Waals surface area contributed by atoms with Crippen LogP contribution in [0.1, 0.15) is 40.5 Å². The van der Waals surface area contributed by atoms with E-state index >= 15 is 0 Å². The van der Waals surface area contributed by atoms with E-state index in [1.807, 2.05) is 26.1 Å². The molecule has 1 aliphatic carbocycles. The Kier molecular flexibility index (Phi) is 5.29. The Balaban J connectivity index is 1.95. The van der Waals surface area contributed by atoms with Gasteiger partial charge in [-0.15, -0.1) is 0 Å². The van der Waals surface area contributed by atoms with Crippen LogP contribution in [0.3, 0.4) is 0 Å². The number of ketones is 1. The van der Waals surface area contributed by atoms with Crippen LogP contribution in [-0.4, -0.2) is 23.6 Å². The van der Waals surface area contributed by atoms with Gasteiger partial charge >= 0.3 is 0 Å². The fraction of sp³-hybridized carbons (Fsp3) is 0.556. The molecule has 0 radical (unpaired) electrons. The van der Waals surface area contributed by atoms with Crippen molar-refractivity contribution in [3.63, 3.8) is 0 Å². The van der Waals surface area contributed by atoms with Crippen LogP contribution < -0.4 is 5.32 Å². The maximum absolute atomic E-state index is 12.3. The Morgan fingerprint density at radius 3 is 2.71 bits per heavy atom. The Labute approximate surface area is 127 Å². The van der Waals surface area contributed by atoms with Crippen molar-refractivity contribution in [2.45, 2.75) is 52.6 Å². The van der Waals surface area contributed by atoms with Crippen LogP contribution >= 0.6 is 0 Å². The number of Topliss-reactive ketones (excluding diaryl/α,β-unsaturated/α-hetero) is 1. The minimum Gasteiger partial charge on any atom is -0.305 e. The molecule has 0 fully saturated rings. The third-order valence-corrected chi connectivity index (χ3v) is 3.94.